The van der Waals surface area contributed by atoms with Gasteiger partial charge in [0.25, 0.3) is 0 Å². The Bertz CT molecular complexity index is 1210. The first-order valence-corrected chi connectivity index (χ1v) is 11.3. The molecule has 0 atom stereocenters. The Morgan fingerprint density at radius 3 is 2.17 bits per heavy atom. The van der Waals surface area contributed by atoms with Gasteiger partial charge in [-0.1, -0.05) is 48.5 Å². The number of hydrogen-bond donors (Lipinski definition) is 3. The molecule has 3 aromatic rings. The minimum Gasteiger partial charge on any atom is -0.481 e. The van der Waals surface area contributed by atoms with E-state index in [1.807, 2.05) is 24.3 Å². The first kappa shape index (κ1) is 23.9. The molecule has 1 heterocycles. The molecule has 2 aromatic carbocycles. The smallest absolute Gasteiger partial charge is 0.411 e. The van der Waals surface area contributed by atoms with Crippen molar-refractivity contribution in [1.82, 2.24) is 10.3 Å². The number of carbonyl (C=O) groups excluding carboxylic acids is 2. The summed E-state index contributed by atoms with van der Waals surface area (Å²) in [6.45, 7) is 3.30. The number of benzene rings is 2. The molecule has 4 rings (SSSR count). The van der Waals surface area contributed by atoms with Gasteiger partial charge >= 0.3 is 12.1 Å². The summed E-state index contributed by atoms with van der Waals surface area (Å²) in [6.07, 6.45) is 0.863. The number of aliphatic carboxylic acids is 1. The van der Waals surface area contributed by atoms with E-state index in [0.29, 0.717) is 11.4 Å². The van der Waals surface area contributed by atoms with E-state index in [1.165, 1.54) is 20.0 Å². The normalized spacial score (nSPS) is 12.4. The van der Waals surface area contributed by atoms with Crippen molar-refractivity contribution in [3.63, 3.8) is 0 Å². The Morgan fingerprint density at radius 2 is 1.60 bits per heavy atom. The van der Waals surface area contributed by atoms with Crippen LogP contribution < -0.4 is 10.6 Å². The van der Waals surface area contributed by atoms with Crippen LogP contribution in [-0.4, -0.2) is 41.2 Å². The van der Waals surface area contributed by atoms with Crippen LogP contribution in [0.5, 0.6) is 0 Å². The topological polar surface area (TPSA) is 118 Å². The fourth-order valence-electron chi connectivity index (χ4n) is 3.98. The molecule has 8 nitrogen and oxygen atoms in total. The molecule has 1 aromatic heterocycles. The summed E-state index contributed by atoms with van der Waals surface area (Å²) in [5, 5.41) is 14.4. The van der Waals surface area contributed by atoms with Crippen molar-refractivity contribution in [3.8, 4) is 11.1 Å². The molecule has 0 radical (unpaired) electrons. The van der Waals surface area contributed by atoms with Crippen molar-refractivity contribution in [2.24, 2.45) is 5.41 Å². The van der Waals surface area contributed by atoms with E-state index in [4.69, 9.17) is 9.84 Å². The van der Waals surface area contributed by atoms with Gasteiger partial charge in [0.05, 0.1) is 23.7 Å². The number of amides is 2. The fraction of sp³-hybridized carbons (Fsp3) is 0.259. The molecular weight excluding hydrogens is 446 g/mol. The van der Waals surface area contributed by atoms with Gasteiger partial charge in [-0.25, -0.2) is 4.79 Å². The van der Waals surface area contributed by atoms with E-state index in [-0.39, 0.29) is 31.4 Å². The predicted molar refractivity (Wildman–Crippen MR) is 131 cm³/mol. The molecule has 8 heteroatoms. The van der Waals surface area contributed by atoms with Gasteiger partial charge < -0.3 is 15.2 Å². The van der Waals surface area contributed by atoms with Gasteiger partial charge in [-0.15, -0.1) is 0 Å². The van der Waals surface area contributed by atoms with Gasteiger partial charge in [-0.05, 0) is 48.2 Å². The average Bonchev–Trinajstić information content (AvgIpc) is 3.16. The molecule has 180 valence electrons. The van der Waals surface area contributed by atoms with Gasteiger partial charge in [-0.3, -0.25) is 19.9 Å². The summed E-state index contributed by atoms with van der Waals surface area (Å²) >= 11 is 0. The van der Waals surface area contributed by atoms with Crippen molar-refractivity contribution >= 4 is 23.7 Å². The molecule has 1 aliphatic rings. The van der Waals surface area contributed by atoms with Gasteiger partial charge in [0, 0.05) is 18.2 Å². The van der Waals surface area contributed by atoms with Crippen LogP contribution >= 0.6 is 0 Å². The second-order valence-corrected chi connectivity index (χ2v) is 9.13. The number of carboxylic acids is 1. The summed E-state index contributed by atoms with van der Waals surface area (Å²) in [5.41, 5.74) is 4.47. The Hall–Kier alpha value is -4.20. The number of nitrogens with zero attached hydrogens (tertiary/aromatic N) is 1. The number of aromatic nitrogens is 1. The van der Waals surface area contributed by atoms with Gasteiger partial charge in [0.15, 0.2) is 0 Å². The van der Waals surface area contributed by atoms with Crippen molar-refractivity contribution in [3.05, 3.63) is 83.7 Å². The molecule has 3 N–H and O–H groups in total. The van der Waals surface area contributed by atoms with Crippen LogP contribution in [0.15, 0.2) is 66.9 Å². The molecular formula is C27H27N3O5. The van der Waals surface area contributed by atoms with Crippen LogP contribution in [0.25, 0.3) is 11.1 Å². The fourth-order valence-corrected chi connectivity index (χ4v) is 3.98. The molecule has 1 aliphatic carbocycles. The number of carboxylic acid groups (broad SMARTS) is 1. The Kier molecular flexibility index (Phi) is 6.82. The number of hydrogen-bond acceptors (Lipinski definition) is 5. The monoisotopic (exact) mass is 473 g/mol. The Morgan fingerprint density at radius 1 is 0.971 bits per heavy atom. The zero-order valence-electron chi connectivity index (χ0n) is 19.6. The van der Waals surface area contributed by atoms with E-state index in [1.54, 1.807) is 12.1 Å². The number of ether oxygens (including phenoxy) is 1. The zero-order valence-corrected chi connectivity index (χ0v) is 19.6. The maximum Gasteiger partial charge on any atom is 0.411 e. The first-order chi connectivity index (χ1) is 16.7. The van der Waals surface area contributed by atoms with E-state index >= 15 is 0 Å². The third-order valence-corrected chi connectivity index (χ3v) is 6.06. The lowest BCUT2D eigenvalue weighted by Gasteiger charge is -2.19. The van der Waals surface area contributed by atoms with E-state index in [2.05, 4.69) is 39.9 Å². The average molecular weight is 474 g/mol. The van der Waals surface area contributed by atoms with Gasteiger partial charge in [0.1, 0.15) is 6.61 Å². The molecule has 0 unspecified atom stereocenters. The quantitative estimate of drug-likeness (QED) is 0.451. The molecule has 0 fully saturated rings. The second kappa shape index (κ2) is 9.97. The van der Waals surface area contributed by atoms with Crippen LogP contribution in [0, 0.1) is 5.41 Å². The largest absolute Gasteiger partial charge is 0.481 e. The summed E-state index contributed by atoms with van der Waals surface area (Å²) in [5.74, 6) is -1.35. The van der Waals surface area contributed by atoms with E-state index in [0.717, 1.165) is 22.3 Å². The highest BCUT2D eigenvalue weighted by Crippen LogP contribution is 2.44. The first-order valence-electron chi connectivity index (χ1n) is 11.3. The highest BCUT2D eigenvalue weighted by Gasteiger charge is 2.29. The highest BCUT2D eigenvalue weighted by molar-refractivity contribution is 5.85. The minimum atomic E-state index is -1.06. The number of pyridine rings is 1. The molecule has 0 spiro atoms. The number of carbonyl (C=O) groups is 3. The lowest BCUT2D eigenvalue weighted by molar-refractivity contribution is -0.146. The van der Waals surface area contributed by atoms with E-state index < -0.39 is 17.5 Å². The third kappa shape index (κ3) is 5.48. The van der Waals surface area contributed by atoms with Crippen molar-refractivity contribution in [2.45, 2.75) is 26.2 Å². The highest BCUT2D eigenvalue weighted by atomic mass is 16.5. The number of rotatable bonds is 8. The maximum absolute atomic E-state index is 12.4. The molecule has 0 saturated carbocycles. The maximum atomic E-state index is 12.4. The van der Waals surface area contributed by atoms with Crippen LogP contribution in [0.1, 0.15) is 36.6 Å². The predicted octanol–water partition coefficient (Wildman–Crippen LogP) is 4.21. The van der Waals surface area contributed by atoms with Crippen LogP contribution in [-0.2, 0) is 20.7 Å². The summed E-state index contributed by atoms with van der Waals surface area (Å²) in [6, 6.07) is 19.5. The molecule has 0 saturated heterocycles. The van der Waals surface area contributed by atoms with Crippen molar-refractivity contribution < 1.29 is 24.2 Å². The third-order valence-electron chi connectivity index (χ3n) is 6.06. The van der Waals surface area contributed by atoms with Crippen molar-refractivity contribution in [2.75, 3.05) is 18.5 Å². The summed E-state index contributed by atoms with van der Waals surface area (Å²) in [7, 11) is 0. The molecule has 0 aliphatic heterocycles. The van der Waals surface area contributed by atoms with Gasteiger partial charge in [0.2, 0.25) is 5.91 Å². The number of nitrogens with one attached hydrogen (secondary N) is 2. The van der Waals surface area contributed by atoms with Crippen LogP contribution in [0.2, 0.25) is 0 Å². The summed E-state index contributed by atoms with van der Waals surface area (Å²) < 4.78 is 5.53. The van der Waals surface area contributed by atoms with E-state index in [9.17, 15) is 14.4 Å². The van der Waals surface area contributed by atoms with Crippen LogP contribution in [0.3, 0.4) is 0 Å². The zero-order chi connectivity index (χ0) is 25.0. The number of anilines is 1. The van der Waals surface area contributed by atoms with Crippen LogP contribution in [0.4, 0.5) is 10.5 Å². The SMILES string of the molecule is CC(C)(CNC(=O)Cc1ccc(NC(=O)OCC2c3ccccc3-c3ccccc32)cn1)C(=O)O. The lowest BCUT2D eigenvalue weighted by atomic mass is 9.94. The minimum absolute atomic E-state index is 0.000916. The Labute approximate surface area is 203 Å². The standard InChI is InChI=1S/C27H27N3O5/c1-27(2,25(32)33)16-29-24(31)13-17-11-12-18(14-28-17)30-26(34)35-15-23-21-9-5-3-7-19(21)20-8-4-6-10-22(20)23/h3-12,14,23H,13,15-16H2,1-2H3,(H,29,31)(H,30,34)(H,32,33). The second-order valence-electron chi connectivity index (χ2n) is 9.13. The Balaban J connectivity index is 1.29. The van der Waals surface area contributed by atoms with Gasteiger partial charge in [-0.2, -0.15) is 0 Å². The summed E-state index contributed by atoms with van der Waals surface area (Å²) in [4.78, 5) is 39.9. The lowest BCUT2D eigenvalue weighted by Crippen LogP contribution is -2.39. The number of fused-ring (bicyclic) bond motifs is 3. The molecule has 35 heavy (non-hydrogen) atoms. The molecule has 0 bridgehead atoms. The molecule has 2 amide bonds. The van der Waals surface area contributed by atoms with Crippen molar-refractivity contribution in [1.29, 1.82) is 0 Å².